The standard InChI is InChI=1S/C27H35NO/c1-19(2)20-10-12-23-21(16-20)11-13-25-26(3,14-7-15-27(23,25)4)18-28-17-22-8-5-6-9-24(22)29/h5-6,8-10,12,16-17,19,25,29H,7,11,13-15,18H2,1-4H3/t25-,26+,27+/m0/s1. The van der Waals surface area contributed by atoms with Crippen LogP contribution < -0.4 is 0 Å². The van der Waals surface area contributed by atoms with Gasteiger partial charge in [0.1, 0.15) is 5.75 Å². The minimum atomic E-state index is 0.211. The molecule has 0 spiro atoms. The molecule has 0 bridgehead atoms. The second-order valence-electron chi connectivity index (χ2n) is 10.1. The average molecular weight is 390 g/mol. The zero-order valence-electron chi connectivity index (χ0n) is 18.4. The van der Waals surface area contributed by atoms with Crippen molar-refractivity contribution < 1.29 is 5.11 Å². The number of aliphatic imine (C=N–C) groups is 1. The second kappa shape index (κ2) is 7.63. The highest BCUT2D eigenvalue weighted by Gasteiger charge is 2.51. The first-order valence-corrected chi connectivity index (χ1v) is 11.2. The Hall–Kier alpha value is -2.09. The molecule has 0 amide bonds. The monoisotopic (exact) mass is 389 g/mol. The van der Waals surface area contributed by atoms with Crippen LogP contribution in [-0.2, 0) is 11.8 Å². The number of phenols is 1. The summed E-state index contributed by atoms with van der Waals surface area (Å²) in [5.41, 5.74) is 5.91. The Labute approximate surface area is 176 Å². The third kappa shape index (κ3) is 3.63. The summed E-state index contributed by atoms with van der Waals surface area (Å²) in [6.45, 7) is 10.4. The molecule has 29 heavy (non-hydrogen) atoms. The molecule has 2 aliphatic rings. The van der Waals surface area contributed by atoms with Gasteiger partial charge < -0.3 is 5.11 Å². The molecule has 2 heteroatoms. The number of phenolic OH excluding ortho intramolecular Hbond substituents is 1. The van der Waals surface area contributed by atoms with Crippen LogP contribution in [0.2, 0.25) is 0 Å². The summed E-state index contributed by atoms with van der Waals surface area (Å²) in [5.74, 6) is 1.55. The fourth-order valence-corrected chi connectivity index (χ4v) is 6.14. The molecule has 4 rings (SSSR count). The number of nitrogens with zero attached hydrogens (tertiary/aromatic N) is 1. The fraction of sp³-hybridized carbons (Fsp3) is 0.519. The van der Waals surface area contributed by atoms with Crippen LogP contribution in [0.15, 0.2) is 47.5 Å². The Bertz CT molecular complexity index is 915. The molecule has 2 aromatic carbocycles. The van der Waals surface area contributed by atoms with Gasteiger partial charge >= 0.3 is 0 Å². The lowest BCUT2D eigenvalue weighted by atomic mass is 9.50. The summed E-state index contributed by atoms with van der Waals surface area (Å²) < 4.78 is 0. The van der Waals surface area contributed by atoms with Crippen molar-refractivity contribution in [2.45, 2.75) is 71.1 Å². The number of benzene rings is 2. The molecule has 2 aliphatic carbocycles. The van der Waals surface area contributed by atoms with E-state index in [0.29, 0.717) is 17.6 Å². The highest BCUT2D eigenvalue weighted by molar-refractivity contribution is 5.83. The number of fused-ring (bicyclic) bond motifs is 3. The van der Waals surface area contributed by atoms with Crippen molar-refractivity contribution in [2.24, 2.45) is 16.3 Å². The van der Waals surface area contributed by atoms with Crippen molar-refractivity contribution in [3.8, 4) is 5.75 Å². The number of hydrogen-bond donors (Lipinski definition) is 1. The Morgan fingerprint density at radius 1 is 1.14 bits per heavy atom. The Morgan fingerprint density at radius 3 is 2.69 bits per heavy atom. The lowest BCUT2D eigenvalue weighted by molar-refractivity contribution is 0.0332. The van der Waals surface area contributed by atoms with Crippen LogP contribution in [0.25, 0.3) is 0 Å². The summed E-state index contributed by atoms with van der Waals surface area (Å²) in [7, 11) is 0. The number of para-hydroxylation sites is 1. The van der Waals surface area contributed by atoms with Gasteiger partial charge in [-0.05, 0) is 77.2 Å². The predicted octanol–water partition coefficient (Wildman–Crippen LogP) is 6.65. The number of aromatic hydroxyl groups is 1. The van der Waals surface area contributed by atoms with Gasteiger partial charge in [0.25, 0.3) is 0 Å². The molecule has 2 nitrogen and oxygen atoms in total. The van der Waals surface area contributed by atoms with Crippen LogP contribution in [0.1, 0.15) is 81.5 Å². The normalized spacial score (nSPS) is 29.1. The smallest absolute Gasteiger partial charge is 0.124 e. The number of aryl methyl sites for hydroxylation is 1. The van der Waals surface area contributed by atoms with Crippen LogP contribution in [-0.4, -0.2) is 17.9 Å². The molecular weight excluding hydrogens is 354 g/mol. The third-order valence-corrected chi connectivity index (χ3v) is 7.79. The van der Waals surface area contributed by atoms with Crippen LogP contribution >= 0.6 is 0 Å². The largest absolute Gasteiger partial charge is 0.507 e. The number of hydrogen-bond acceptors (Lipinski definition) is 2. The molecule has 154 valence electrons. The maximum Gasteiger partial charge on any atom is 0.124 e. The van der Waals surface area contributed by atoms with Crippen LogP contribution in [0.5, 0.6) is 5.75 Å². The van der Waals surface area contributed by atoms with Gasteiger partial charge in [-0.25, -0.2) is 0 Å². The maximum atomic E-state index is 10.0. The van der Waals surface area contributed by atoms with E-state index in [-0.39, 0.29) is 10.8 Å². The summed E-state index contributed by atoms with van der Waals surface area (Å²) in [6, 6.07) is 14.7. The molecule has 0 aromatic heterocycles. The molecule has 3 atom stereocenters. The van der Waals surface area contributed by atoms with Crippen LogP contribution in [0.4, 0.5) is 0 Å². The molecule has 1 fully saturated rings. The lowest BCUT2D eigenvalue weighted by Crippen LogP contribution is -2.50. The fourth-order valence-electron chi connectivity index (χ4n) is 6.14. The first-order chi connectivity index (χ1) is 13.8. The zero-order valence-corrected chi connectivity index (χ0v) is 18.4. The highest BCUT2D eigenvalue weighted by Crippen LogP contribution is 2.57. The van der Waals surface area contributed by atoms with Gasteiger partial charge in [0.05, 0.1) is 0 Å². The molecular formula is C27H35NO. The van der Waals surface area contributed by atoms with Crippen molar-refractivity contribution in [1.29, 1.82) is 0 Å². The minimum Gasteiger partial charge on any atom is -0.507 e. The van der Waals surface area contributed by atoms with E-state index in [0.717, 1.165) is 12.1 Å². The molecule has 1 N–H and O–H groups in total. The minimum absolute atomic E-state index is 0.211. The van der Waals surface area contributed by atoms with E-state index in [2.05, 4.69) is 45.9 Å². The van der Waals surface area contributed by atoms with Crippen LogP contribution in [0.3, 0.4) is 0 Å². The SMILES string of the molecule is CC(C)c1ccc2c(c1)CC[C@H]1[C@@](C)(CN=Cc3ccccc3O)CCC[C@]21C. The Balaban J connectivity index is 1.60. The van der Waals surface area contributed by atoms with Gasteiger partial charge in [0.2, 0.25) is 0 Å². The zero-order chi connectivity index (χ0) is 20.6. The quantitative estimate of drug-likeness (QED) is 0.584. The van der Waals surface area contributed by atoms with Crippen LogP contribution in [0, 0.1) is 11.3 Å². The molecule has 0 heterocycles. The molecule has 1 saturated carbocycles. The lowest BCUT2D eigenvalue weighted by Gasteiger charge is -2.55. The first-order valence-electron chi connectivity index (χ1n) is 11.2. The van der Waals surface area contributed by atoms with Gasteiger partial charge in [-0.3, -0.25) is 4.99 Å². The van der Waals surface area contributed by atoms with E-state index in [4.69, 9.17) is 4.99 Å². The molecule has 0 unspecified atom stereocenters. The maximum absolute atomic E-state index is 10.0. The van der Waals surface area contributed by atoms with Crippen molar-refractivity contribution in [3.05, 3.63) is 64.7 Å². The summed E-state index contributed by atoms with van der Waals surface area (Å²) in [4.78, 5) is 4.83. The van der Waals surface area contributed by atoms with Gasteiger partial charge in [-0.1, -0.05) is 64.4 Å². The molecule has 0 saturated heterocycles. The molecule has 0 radical (unpaired) electrons. The highest BCUT2D eigenvalue weighted by atomic mass is 16.3. The number of rotatable bonds is 4. The summed E-state index contributed by atoms with van der Waals surface area (Å²) >= 11 is 0. The summed E-state index contributed by atoms with van der Waals surface area (Å²) in [5, 5.41) is 10.0. The van der Waals surface area contributed by atoms with Gasteiger partial charge in [0.15, 0.2) is 0 Å². The topological polar surface area (TPSA) is 32.6 Å². The van der Waals surface area contributed by atoms with E-state index in [1.165, 1.54) is 37.7 Å². The summed E-state index contributed by atoms with van der Waals surface area (Å²) in [6.07, 6.45) is 8.09. The van der Waals surface area contributed by atoms with Crippen molar-refractivity contribution >= 4 is 6.21 Å². The predicted molar refractivity (Wildman–Crippen MR) is 122 cm³/mol. The molecule has 0 aliphatic heterocycles. The van der Waals surface area contributed by atoms with E-state index < -0.39 is 0 Å². The van der Waals surface area contributed by atoms with E-state index in [1.807, 2.05) is 24.4 Å². The van der Waals surface area contributed by atoms with E-state index in [9.17, 15) is 5.11 Å². The second-order valence-corrected chi connectivity index (χ2v) is 10.1. The average Bonchev–Trinajstić information content (AvgIpc) is 2.69. The third-order valence-electron chi connectivity index (χ3n) is 7.79. The van der Waals surface area contributed by atoms with E-state index in [1.54, 1.807) is 17.2 Å². The first kappa shape index (κ1) is 20.2. The van der Waals surface area contributed by atoms with Gasteiger partial charge in [-0.2, -0.15) is 0 Å². The van der Waals surface area contributed by atoms with Crippen molar-refractivity contribution in [1.82, 2.24) is 0 Å². The van der Waals surface area contributed by atoms with E-state index >= 15 is 0 Å². The Morgan fingerprint density at radius 2 is 1.93 bits per heavy atom. The van der Waals surface area contributed by atoms with Crippen molar-refractivity contribution in [2.75, 3.05) is 6.54 Å². The molecule has 2 aromatic rings. The van der Waals surface area contributed by atoms with Gasteiger partial charge in [-0.15, -0.1) is 0 Å². The van der Waals surface area contributed by atoms with Gasteiger partial charge in [0, 0.05) is 18.3 Å². The van der Waals surface area contributed by atoms with Crippen molar-refractivity contribution in [3.63, 3.8) is 0 Å². The Kier molecular flexibility index (Phi) is 5.31.